The zero-order valence-corrected chi connectivity index (χ0v) is 13.9. The van der Waals surface area contributed by atoms with Crippen molar-refractivity contribution in [1.29, 1.82) is 0 Å². The van der Waals surface area contributed by atoms with E-state index in [0.29, 0.717) is 17.2 Å². The number of rotatable bonds is 7. The number of carbonyl (C=O) groups excluding carboxylic acids is 1. The van der Waals surface area contributed by atoms with Crippen LogP contribution in [0.5, 0.6) is 11.5 Å². The van der Waals surface area contributed by atoms with Gasteiger partial charge in [-0.1, -0.05) is 23.4 Å². The molecule has 0 saturated heterocycles. The number of para-hydroxylation sites is 1. The lowest BCUT2D eigenvalue weighted by molar-refractivity contribution is -0.126. The fourth-order valence-electron chi connectivity index (χ4n) is 1.93. The van der Waals surface area contributed by atoms with E-state index in [0.717, 1.165) is 5.56 Å². The van der Waals surface area contributed by atoms with Crippen molar-refractivity contribution in [3.8, 4) is 11.5 Å². The normalized spacial score (nSPS) is 11.8. The molecule has 0 saturated carbocycles. The van der Waals surface area contributed by atoms with Crippen LogP contribution in [0.25, 0.3) is 0 Å². The summed E-state index contributed by atoms with van der Waals surface area (Å²) in [6.07, 6.45) is 0.787. The molecule has 0 radical (unpaired) electrons. The number of hydrogen-bond acceptors (Lipinski definition) is 5. The number of benzene rings is 2. The van der Waals surface area contributed by atoms with Gasteiger partial charge in [-0.25, -0.2) is 0 Å². The Bertz CT molecular complexity index is 701. The van der Waals surface area contributed by atoms with Crippen LogP contribution in [0.3, 0.4) is 0 Å². The minimum atomic E-state index is -0.721. The third-order valence-electron chi connectivity index (χ3n) is 3.24. The molecule has 0 spiro atoms. The summed E-state index contributed by atoms with van der Waals surface area (Å²) in [7, 11) is 3.13. The molecular weight excluding hydrogens is 308 g/mol. The number of amides is 1. The highest BCUT2D eigenvalue weighted by molar-refractivity contribution is 5.93. The lowest BCUT2D eigenvalue weighted by Crippen LogP contribution is -2.26. The summed E-state index contributed by atoms with van der Waals surface area (Å²) in [5.41, 5.74) is 1.48. The van der Waals surface area contributed by atoms with Gasteiger partial charge in [-0.3, -0.25) is 4.79 Å². The van der Waals surface area contributed by atoms with E-state index < -0.39 is 6.10 Å². The fourth-order valence-corrected chi connectivity index (χ4v) is 1.93. The van der Waals surface area contributed by atoms with Crippen molar-refractivity contribution in [2.24, 2.45) is 5.16 Å². The Balaban J connectivity index is 1.92. The van der Waals surface area contributed by atoms with E-state index in [-0.39, 0.29) is 5.91 Å². The highest BCUT2D eigenvalue weighted by Gasteiger charge is 2.13. The average molecular weight is 328 g/mol. The molecule has 0 bridgehead atoms. The van der Waals surface area contributed by atoms with Crippen molar-refractivity contribution in [2.75, 3.05) is 19.5 Å². The largest absolute Gasteiger partial charge is 0.493 e. The van der Waals surface area contributed by atoms with Crippen LogP contribution in [0, 0.1) is 0 Å². The maximum Gasteiger partial charge on any atom is 0.267 e. The van der Waals surface area contributed by atoms with E-state index in [9.17, 15) is 4.79 Å². The molecule has 2 aromatic rings. The van der Waals surface area contributed by atoms with Crippen LogP contribution in [0.4, 0.5) is 5.69 Å². The van der Waals surface area contributed by atoms with Gasteiger partial charge in [-0.05, 0) is 37.3 Å². The second kappa shape index (κ2) is 8.57. The fraction of sp³-hybridized carbons (Fsp3) is 0.222. The van der Waals surface area contributed by atoms with Crippen LogP contribution in [-0.2, 0) is 9.63 Å². The first-order valence-electron chi connectivity index (χ1n) is 7.41. The van der Waals surface area contributed by atoms with E-state index >= 15 is 0 Å². The van der Waals surface area contributed by atoms with Gasteiger partial charge in [0, 0.05) is 11.3 Å². The van der Waals surface area contributed by atoms with Gasteiger partial charge in [-0.15, -0.1) is 0 Å². The third kappa shape index (κ3) is 4.74. The van der Waals surface area contributed by atoms with E-state index in [1.54, 1.807) is 45.4 Å². The molecule has 2 rings (SSSR count). The summed E-state index contributed by atoms with van der Waals surface area (Å²) in [5, 5.41) is 6.60. The monoisotopic (exact) mass is 328 g/mol. The molecule has 0 aromatic heterocycles. The number of carbonyl (C=O) groups is 1. The van der Waals surface area contributed by atoms with Crippen LogP contribution in [-0.4, -0.2) is 32.4 Å². The van der Waals surface area contributed by atoms with E-state index in [2.05, 4.69) is 10.5 Å². The smallest absolute Gasteiger partial charge is 0.267 e. The first-order valence-corrected chi connectivity index (χ1v) is 7.41. The predicted octanol–water partition coefficient (Wildman–Crippen LogP) is 3.08. The van der Waals surface area contributed by atoms with E-state index in [4.69, 9.17) is 14.3 Å². The van der Waals surface area contributed by atoms with Crippen LogP contribution in [0.2, 0.25) is 0 Å². The Morgan fingerprint density at radius 3 is 2.46 bits per heavy atom. The van der Waals surface area contributed by atoms with Crippen molar-refractivity contribution in [1.82, 2.24) is 0 Å². The number of hydrogen-bond donors (Lipinski definition) is 1. The van der Waals surface area contributed by atoms with Crippen LogP contribution in [0.15, 0.2) is 53.7 Å². The molecule has 0 heterocycles. The number of oxime groups is 1. The lowest BCUT2D eigenvalue weighted by atomic mass is 10.2. The van der Waals surface area contributed by atoms with Crippen molar-refractivity contribution in [3.63, 3.8) is 0 Å². The van der Waals surface area contributed by atoms with Gasteiger partial charge in [0.25, 0.3) is 5.91 Å². The highest BCUT2D eigenvalue weighted by Crippen LogP contribution is 2.26. The minimum Gasteiger partial charge on any atom is -0.493 e. The maximum absolute atomic E-state index is 12.0. The van der Waals surface area contributed by atoms with Crippen LogP contribution >= 0.6 is 0 Å². The molecule has 0 aliphatic rings. The maximum atomic E-state index is 12.0. The van der Waals surface area contributed by atoms with E-state index in [1.165, 1.54) is 6.21 Å². The van der Waals surface area contributed by atoms with Gasteiger partial charge in [0.05, 0.1) is 20.4 Å². The second-order valence-electron chi connectivity index (χ2n) is 4.95. The van der Waals surface area contributed by atoms with Crippen molar-refractivity contribution in [3.05, 3.63) is 54.1 Å². The molecule has 6 nitrogen and oxygen atoms in total. The number of anilines is 1. The quantitative estimate of drug-likeness (QED) is 0.626. The molecule has 1 atom stereocenters. The van der Waals surface area contributed by atoms with Crippen LogP contribution in [0.1, 0.15) is 12.5 Å². The standard InChI is InChI=1S/C18H20N2O4/c1-13(18(21)20-15-7-5-4-6-8-15)24-19-12-14-9-10-16(22-2)17(11-14)23-3/h4-13H,1-3H3,(H,20,21)/b19-12-/t13-/m0/s1. The number of methoxy groups -OCH3 is 2. The van der Waals surface area contributed by atoms with Gasteiger partial charge >= 0.3 is 0 Å². The summed E-state index contributed by atoms with van der Waals surface area (Å²) in [4.78, 5) is 17.2. The lowest BCUT2D eigenvalue weighted by Gasteiger charge is -2.10. The molecule has 126 valence electrons. The SMILES string of the molecule is COc1ccc(/C=N\O[C@@H](C)C(=O)Nc2ccccc2)cc1OC. The Morgan fingerprint density at radius 2 is 1.79 bits per heavy atom. The molecule has 1 N–H and O–H groups in total. The van der Waals surface area contributed by atoms with Crippen molar-refractivity contribution < 1.29 is 19.1 Å². The summed E-state index contributed by atoms with van der Waals surface area (Å²) in [5.74, 6) is 0.952. The van der Waals surface area contributed by atoms with Crippen molar-refractivity contribution >= 4 is 17.8 Å². The van der Waals surface area contributed by atoms with E-state index in [1.807, 2.05) is 24.3 Å². The molecule has 0 aliphatic heterocycles. The molecule has 6 heteroatoms. The Kier molecular flexibility index (Phi) is 6.19. The zero-order chi connectivity index (χ0) is 17.4. The molecule has 0 unspecified atom stereocenters. The topological polar surface area (TPSA) is 69.2 Å². The number of ether oxygens (including phenoxy) is 2. The Labute approximate surface area is 141 Å². The van der Waals surface area contributed by atoms with Crippen molar-refractivity contribution in [2.45, 2.75) is 13.0 Å². The van der Waals surface area contributed by atoms with Gasteiger partial charge in [0.15, 0.2) is 11.5 Å². The highest BCUT2D eigenvalue weighted by atomic mass is 16.6. The second-order valence-corrected chi connectivity index (χ2v) is 4.95. The molecule has 0 aliphatic carbocycles. The predicted molar refractivity (Wildman–Crippen MR) is 92.8 cm³/mol. The van der Waals surface area contributed by atoms with Gasteiger partial charge in [0.1, 0.15) is 0 Å². The minimum absolute atomic E-state index is 0.273. The van der Waals surface area contributed by atoms with Crippen LogP contribution < -0.4 is 14.8 Å². The molecular formula is C18H20N2O4. The Hall–Kier alpha value is -3.02. The molecule has 1 amide bonds. The van der Waals surface area contributed by atoms with Gasteiger partial charge in [-0.2, -0.15) is 0 Å². The van der Waals surface area contributed by atoms with Gasteiger partial charge in [0.2, 0.25) is 6.10 Å². The molecule has 2 aromatic carbocycles. The molecule has 0 fully saturated rings. The average Bonchev–Trinajstić information content (AvgIpc) is 2.62. The first-order chi connectivity index (χ1) is 11.6. The first kappa shape index (κ1) is 17.3. The van der Waals surface area contributed by atoms with Gasteiger partial charge < -0.3 is 19.6 Å². The number of nitrogens with one attached hydrogen (secondary N) is 1. The zero-order valence-electron chi connectivity index (χ0n) is 13.9. The number of nitrogens with zero attached hydrogens (tertiary/aromatic N) is 1. The third-order valence-corrected chi connectivity index (χ3v) is 3.24. The summed E-state index contributed by atoms with van der Waals surface area (Å²) >= 11 is 0. The summed E-state index contributed by atoms with van der Waals surface area (Å²) < 4.78 is 10.4. The Morgan fingerprint density at radius 1 is 1.08 bits per heavy atom. The molecule has 24 heavy (non-hydrogen) atoms. The summed E-state index contributed by atoms with van der Waals surface area (Å²) in [6, 6.07) is 14.5. The summed E-state index contributed by atoms with van der Waals surface area (Å²) in [6.45, 7) is 1.63.